The number of nitrogens with two attached hydrogens (primary N) is 1. The van der Waals surface area contributed by atoms with Crippen molar-refractivity contribution in [3.05, 3.63) is 65.2 Å². The molecule has 2 aromatic rings. The number of alkyl halides is 3. The van der Waals surface area contributed by atoms with Crippen molar-refractivity contribution in [2.45, 2.75) is 24.7 Å². The Morgan fingerprint density at radius 1 is 1.00 bits per heavy atom. The summed E-state index contributed by atoms with van der Waals surface area (Å²) in [7, 11) is 0. The van der Waals surface area contributed by atoms with Crippen molar-refractivity contribution < 1.29 is 17.9 Å². The zero-order valence-electron chi connectivity index (χ0n) is 11.1. The number of ether oxygens (including phenoxy) is 1. The van der Waals surface area contributed by atoms with E-state index in [0.717, 1.165) is 23.3 Å². The molecule has 0 saturated carbocycles. The first kappa shape index (κ1) is 13.9. The summed E-state index contributed by atoms with van der Waals surface area (Å²) in [4.78, 5) is 0. The summed E-state index contributed by atoms with van der Waals surface area (Å²) >= 11 is 0. The zero-order valence-corrected chi connectivity index (χ0v) is 11.1. The summed E-state index contributed by atoms with van der Waals surface area (Å²) in [6, 6.07) is 12.3. The third-order valence-electron chi connectivity index (χ3n) is 3.65. The molecule has 2 nitrogen and oxygen atoms in total. The fraction of sp³-hybridized carbons (Fsp3) is 0.250. The van der Waals surface area contributed by atoms with Gasteiger partial charge in [-0.25, -0.2) is 0 Å². The third kappa shape index (κ3) is 2.74. The molecule has 0 aromatic heterocycles. The predicted molar refractivity (Wildman–Crippen MR) is 72.9 cm³/mol. The molecule has 1 aliphatic carbocycles. The fourth-order valence-electron chi connectivity index (χ4n) is 2.61. The SMILES string of the molecule is NC1Cc2ccccc2C1Oc1ccc(C(F)(F)F)cc1. The van der Waals surface area contributed by atoms with Crippen molar-refractivity contribution in [3.8, 4) is 5.75 Å². The van der Waals surface area contributed by atoms with Gasteiger partial charge in [-0.3, -0.25) is 0 Å². The van der Waals surface area contributed by atoms with Crippen molar-refractivity contribution >= 4 is 0 Å². The Labute approximate surface area is 120 Å². The van der Waals surface area contributed by atoms with E-state index in [1.54, 1.807) is 0 Å². The van der Waals surface area contributed by atoms with E-state index in [2.05, 4.69) is 0 Å². The lowest BCUT2D eigenvalue weighted by Crippen LogP contribution is -2.28. The molecular weight excluding hydrogens is 279 g/mol. The Morgan fingerprint density at radius 3 is 2.33 bits per heavy atom. The zero-order chi connectivity index (χ0) is 15.0. The lowest BCUT2D eigenvalue weighted by atomic mass is 10.1. The largest absolute Gasteiger partial charge is 0.484 e. The Hall–Kier alpha value is -2.01. The van der Waals surface area contributed by atoms with E-state index in [4.69, 9.17) is 10.5 Å². The average Bonchev–Trinajstić information content (AvgIpc) is 2.75. The van der Waals surface area contributed by atoms with Gasteiger partial charge in [0.25, 0.3) is 0 Å². The molecule has 2 N–H and O–H groups in total. The number of benzene rings is 2. The summed E-state index contributed by atoms with van der Waals surface area (Å²) in [6.07, 6.45) is -3.95. The molecule has 3 rings (SSSR count). The Bertz CT molecular complexity index is 637. The number of hydrogen-bond acceptors (Lipinski definition) is 2. The third-order valence-corrected chi connectivity index (χ3v) is 3.65. The van der Waals surface area contributed by atoms with Crippen LogP contribution in [0.4, 0.5) is 13.2 Å². The second-order valence-corrected chi connectivity index (χ2v) is 5.13. The molecular formula is C16H14F3NO. The Kier molecular flexibility index (Phi) is 3.37. The van der Waals surface area contributed by atoms with Gasteiger partial charge in [-0.2, -0.15) is 13.2 Å². The second kappa shape index (κ2) is 5.07. The van der Waals surface area contributed by atoms with Gasteiger partial charge in [0.2, 0.25) is 0 Å². The molecule has 0 radical (unpaired) electrons. The van der Waals surface area contributed by atoms with Gasteiger partial charge in [0.05, 0.1) is 5.56 Å². The van der Waals surface area contributed by atoms with E-state index in [0.29, 0.717) is 12.2 Å². The number of halogens is 3. The lowest BCUT2D eigenvalue weighted by molar-refractivity contribution is -0.137. The second-order valence-electron chi connectivity index (χ2n) is 5.13. The minimum atomic E-state index is -4.34. The van der Waals surface area contributed by atoms with Crippen molar-refractivity contribution in [2.24, 2.45) is 5.73 Å². The van der Waals surface area contributed by atoms with Crippen LogP contribution in [0, 0.1) is 0 Å². The van der Waals surface area contributed by atoms with Gasteiger partial charge < -0.3 is 10.5 Å². The standard InChI is InChI=1S/C16H14F3NO/c17-16(18,19)11-5-7-12(8-6-11)21-15-13-4-2-1-3-10(13)9-14(15)20/h1-8,14-15H,9,20H2. The maximum absolute atomic E-state index is 12.5. The molecule has 0 amide bonds. The molecule has 0 saturated heterocycles. The maximum Gasteiger partial charge on any atom is 0.416 e. The molecule has 21 heavy (non-hydrogen) atoms. The van der Waals surface area contributed by atoms with E-state index in [1.807, 2.05) is 24.3 Å². The van der Waals surface area contributed by atoms with Crippen LogP contribution < -0.4 is 10.5 Å². The van der Waals surface area contributed by atoms with Crippen LogP contribution in [0.5, 0.6) is 5.75 Å². The molecule has 2 unspecified atom stereocenters. The molecule has 0 fully saturated rings. The van der Waals surface area contributed by atoms with E-state index in [1.165, 1.54) is 12.1 Å². The molecule has 0 spiro atoms. The van der Waals surface area contributed by atoms with E-state index in [-0.39, 0.29) is 12.1 Å². The van der Waals surface area contributed by atoms with Gasteiger partial charge in [0, 0.05) is 6.04 Å². The molecule has 0 bridgehead atoms. The summed E-state index contributed by atoms with van der Waals surface area (Å²) in [5.41, 5.74) is 7.51. The molecule has 2 aromatic carbocycles. The monoisotopic (exact) mass is 293 g/mol. The van der Waals surface area contributed by atoms with Crippen LogP contribution in [-0.4, -0.2) is 6.04 Å². The summed E-state index contributed by atoms with van der Waals surface area (Å²) < 4.78 is 43.4. The van der Waals surface area contributed by atoms with E-state index in [9.17, 15) is 13.2 Å². The van der Waals surface area contributed by atoms with Crippen LogP contribution in [0.15, 0.2) is 48.5 Å². The average molecular weight is 293 g/mol. The summed E-state index contributed by atoms with van der Waals surface area (Å²) in [6.45, 7) is 0. The first-order valence-corrected chi connectivity index (χ1v) is 6.62. The minimum absolute atomic E-state index is 0.190. The Balaban J connectivity index is 1.81. The lowest BCUT2D eigenvalue weighted by Gasteiger charge is -2.19. The fourth-order valence-corrected chi connectivity index (χ4v) is 2.61. The minimum Gasteiger partial charge on any atom is -0.484 e. The highest BCUT2D eigenvalue weighted by Crippen LogP contribution is 2.35. The van der Waals surface area contributed by atoms with Gasteiger partial charge in [0.15, 0.2) is 0 Å². The van der Waals surface area contributed by atoms with Gasteiger partial charge in [-0.1, -0.05) is 24.3 Å². The van der Waals surface area contributed by atoms with E-state index >= 15 is 0 Å². The highest BCUT2D eigenvalue weighted by molar-refractivity contribution is 5.38. The van der Waals surface area contributed by atoms with Gasteiger partial charge in [0.1, 0.15) is 11.9 Å². The van der Waals surface area contributed by atoms with Crippen LogP contribution in [0.25, 0.3) is 0 Å². The topological polar surface area (TPSA) is 35.2 Å². The number of rotatable bonds is 2. The Morgan fingerprint density at radius 2 is 1.67 bits per heavy atom. The molecule has 110 valence electrons. The molecule has 5 heteroatoms. The van der Waals surface area contributed by atoms with Crippen LogP contribution in [0.3, 0.4) is 0 Å². The molecule has 2 atom stereocenters. The van der Waals surface area contributed by atoms with Crippen molar-refractivity contribution in [3.63, 3.8) is 0 Å². The van der Waals surface area contributed by atoms with Crippen LogP contribution in [-0.2, 0) is 12.6 Å². The van der Waals surface area contributed by atoms with Crippen molar-refractivity contribution in [2.75, 3.05) is 0 Å². The van der Waals surface area contributed by atoms with Crippen molar-refractivity contribution in [1.29, 1.82) is 0 Å². The molecule has 0 heterocycles. The predicted octanol–water partition coefficient (Wildman–Crippen LogP) is 3.71. The first-order chi connectivity index (χ1) is 9.95. The van der Waals surface area contributed by atoms with Gasteiger partial charge in [-0.15, -0.1) is 0 Å². The van der Waals surface area contributed by atoms with Crippen LogP contribution in [0.2, 0.25) is 0 Å². The quantitative estimate of drug-likeness (QED) is 0.916. The van der Waals surface area contributed by atoms with E-state index < -0.39 is 11.7 Å². The summed E-state index contributed by atoms with van der Waals surface area (Å²) in [5, 5.41) is 0. The smallest absolute Gasteiger partial charge is 0.416 e. The van der Waals surface area contributed by atoms with Crippen LogP contribution in [0.1, 0.15) is 22.8 Å². The number of fused-ring (bicyclic) bond motifs is 1. The molecule has 0 aliphatic heterocycles. The van der Waals surface area contributed by atoms with Gasteiger partial charge in [-0.05, 0) is 41.8 Å². The first-order valence-electron chi connectivity index (χ1n) is 6.62. The highest BCUT2D eigenvalue weighted by atomic mass is 19.4. The van der Waals surface area contributed by atoms with Crippen LogP contribution >= 0.6 is 0 Å². The normalized spacial score (nSPS) is 21.1. The maximum atomic E-state index is 12.5. The number of hydrogen-bond donors (Lipinski definition) is 1. The summed E-state index contributed by atoms with van der Waals surface area (Å²) in [5.74, 6) is 0.389. The highest BCUT2D eigenvalue weighted by Gasteiger charge is 2.32. The van der Waals surface area contributed by atoms with Crippen molar-refractivity contribution in [1.82, 2.24) is 0 Å². The van der Waals surface area contributed by atoms with Gasteiger partial charge >= 0.3 is 6.18 Å². The molecule has 1 aliphatic rings.